The van der Waals surface area contributed by atoms with E-state index < -0.39 is 30.1 Å². The molecule has 2 aliphatic heterocycles. The zero-order chi connectivity index (χ0) is 23.6. The Morgan fingerprint density at radius 1 is 1.28 bits per heavy atom. The van der Waals surface area contributed by atoms with Crippen molar-refractivity contribution >= 4 is 17.9 Å². The first-order chi connectivity index (χ1) is 15.0. The molecule has 7 heteroatoms. The van der Waals surface area contributed by atoms with Gasteiger partial charge in [-0.1, -0.05) is 25.1 Å². The number of aliphatic imine (C=N–C) groups is 1. The molecule has 0 aromatic heterocycles. The summed E-state index contributed by atoms with van der Waals surface area (Å²) in [6, 6.07) is 1.92. The third-order valence-corrected chi connectivity index (χ3v) is 6.27. The summed E-state index contributed by atoms with van der Waals surface area (Å²) in [5.41, 5.74) is 3.70. The first-order valence-electron chi connectivity index (χ1n) is 11.3. The third kappa shape index (κ3) is 5.46. The van der Waals surface area contributed by atoms with Crippen molar-refractivity contribution in [2.45, 2.75) is 90.5 Å². The minimum Gasteiger partial charge on any atom is -0.478 e. The molecular formula is C25H35NO6. The number of carboxylic acid groups (broad SMARTS) is 1. The number of aromatic carboxylic acids is 1. The van der Waals surface area contributed by atoms with Gasteiger partial charge in [-0.2, -0.15) is 0 Å². The van der Waals surface area contributed by atoms with E-state index in [0.29, 0.717) is 24.8 Å². The molecule has 2 unspecified atom stereocenters. The second kappa shape index (κ2) is 9.83. The van der Waals surface area contributed by atoms with E-state index in [-0.39, 0.29) is 12.0 Å². The Labute approximate surface area is 189 Å². The van der Waals surface area contributed by atoms with Crippen molar-refractivity contribution in [3.05, 3.63) is 40.5 Å². The summed E-state index contributed by atoms with van der Waals surface area (Å²) in [4.78, 5) is 16.3. The van der Waals surface area contributed by atoms with E-state index in [0.717, 1.165) is 28.8 Å². The molecule has 176 valence electrons. The lowest BCUT2D eigenvalue weighted by Crippen LogP contribution is -2.34. The molecule has 0 amide bonds. The van der Waals surface area contributed by atoms with Gasteiger partial charge in [0.1, 0.15) is 12.2 Å². The van der Waals surface area contributed by atoms with E-state index in [2.05, 4.69) is 4.99 Å². The number of aliphatic hydroxyl groups excluding tert-OH is 2. The monoisotopic (exact) mass is 445 g/mol. The molecule has 1 saturated heterocycles. The number of hydrogen-bond donors (Lipinski definition) is 3. The second-order valence-electron chi connectivity index (χ2n) is 9.38. The number of rotatable bonds is 9. The van der Waals surface area contributed by atoms with Gasteiger partial charge in [-0.15, -0.1) is 0 Å². The average molecular weight is 446 g/mol. The standard InChI is InChI=1S/C25H35NO6/c1-14(16(3)27)9-10-19(28)23-20(31-25(4,5)32-23)8-6-7-18-21(24(29)30)15(2)13-17-11-12-26-22(17)18/h9-10,12-14,16,19-20,23,27-28H,6-8,11H2,1-5H3,(H,29,30)/b10-9-/t14-,16?,19?,20+,23-/m1/s1. The zero-order valence-corrected chi connectivity index (χ0v) is 19.5. The molecule has 0 radical (unpaired) electrons. The van der Waals surface area contributed by atoms with Crippen molar-refractivity contribution in [3.63, 3.8) is 0 Å². The zero-order valence-electron chi connectivity index (χ0n) is 19.5. The van der Waals surface area contributed by atoms with Gasteiger partial charge in [-0.25, -0.2) is 4.79 Å². The quantitative estimate of drug-likeness (QED) is 0.500. The molecule has 1 fully saturated rings. The van der Waals surface area contributed by atoms with E-state index in [4.69, 9.17) is 9.47 Å². The maximum atomic E-state index is 11.9. The van der Waals surface area contributed by atoms with Gasteiger partial charge in [0.25, 0.3) is 0 Å². The number of aliphatic hydroxyl groups is 2. The first kappa shape index (κ1) is 24.6. The highest BCUT2D eigenvalue weighted by Crippen LogP contribution is 2.37. The van der Waals surface area contributed by atoms with Crippen molar-refractivity contribution in [3.8, 4) is 0 Å². The summed E-state index contributed by atoms with van der Waals surface area (Å²) in [5.74, 6) is -1.84. The minimum absolute atomic E-state index is 0.0863. The van der Waals surface area contributed by atoms with Crippen molar-refractivity contribution < 1.29 is 29.6 Å². The molecule has 2 heterocycles. The van der Waals surface area contributed by atoms with Crippen LogP contribution < -0.4 is 0 Å². The number of carboxylic acids is 1. The van der Waals surface area contributed by atoms with Gasteiger partial charge in [0, 0.05) is 12.6 Å². The smallest absolute Gasteiger partial charge is 0.336 e. The molecular weight excluding hydrogens is 410 g/mol. The van der Waals surface area contributed by atoms with Gasteiger partial charge in [-0.3, -0.25) is 4.99 Å². The normalized spacial score (nSPS) is 24.6. The molecule has 32 heavy (non-hydrogen) atoms. The van der Waals surface area contributed by atoms with Crippen molar-refractivity contribution in [2.24, 2.45) is 10.9 Å². The Balaban J connectivity index is 1.72. The van der Waals surface area contributed by atoms with Crippen LogP contribution in [-0.4, -0.2) is 57.7 Å². The number of aryl methyl sites for hydroxylation is 1. The molecule has 0 spiro atoms. The van der Waals surface area contributed by atoms with Crippen molar-refractivity contribution in [1.29, 1.82) is 0 Å². The van der Waals surface area contributed by atoms with Crippen LogP contribution in [0.5, 0.6) is 0 Å². The number of carbonyl (C=O) groups is 1. The summed E-state index contributed by atoms with van der Waals surface area (Å²) < 4.78 is 12.0. The molecule has 5 atom stereocenters. The predicted molar refractivity (Wildman–Crippen MR) is 123 cm³/mol. The predicted octanol–water partition coefficient (Wildman–Crippen LogP) is 3.73. The largest absolute Gasteiger partial charge is 0.478 e. The number of nitrogens with zero attached hydrogens (tertiary/aromatic N) is 1. The van der Waals surface area contributed by atoms with Gasteiger partial charge >= 0.3 is 5.97 Å². The topological polar surface area (TPSA) is 109 Å². The van der Waals surface area contributed by atoms with Gasteiger partial charge in [-0.05, 0) is 69.6 Å². The summed E-state index contributed by atoms with van der Waals surface area (Å²) >= 11 is 0. The lowest BCUT2D eigenvalue weighted by molar-refractivity contribution is -0.152. The molecule has 7 nitrogen and oxygen atoms in total. The summed E-state index contributed by atoms with van der Waals surface area (Å²) in [6.45, 7) is 9.05. The fourth-order valence-corrected chi connectivity index (χ4v) is 4.46. The van der Waals surface area contributed by atoms with E-state index in [1.54, 1.807) is 19.1 Å². The second-order valence-corrected chi connectivity index (χ2v) is 9.38. The van der Waals surface area contributed by atoms with Crippen LogP contribution in [0.25, 0.3) is 0 Å². The maximum Gasteiger partial charge on any atom is 0.336 e. The van der Waals surface area contributed by atoms with Crippen molar-refractivity contribution in [2.75, 3.05) is 0 Å². The van der Waals surface area contributed by atoms with Gasteiger partial charge < -0.3 is 24.8 Å². The SMILES string of the molecule is Cc1cc2c(c(CCC[C@@H]3OC(C)(C)O[C@@H]3C(O)/C=C\[C@@H](C)C(C)O)c1C(=O)O)N=CC2. The first-order valence-corrected chi connectivity index (χ1v) is 11.3. The fraction of sp³-hybridized carbons (Fsp3) is 0.600. The Morgan fingerprint density at radius 3 is 2.66 bits per heavy atom. The highest BCUT2D eigenvalue weighted by Gasteiger charge is 2.43. The average Bonchev–Trinajstić information content (AvgIpc) is 3.28. The van der Waals surface area contributed by atoms with Crippen LogP contribution in [0.3, 0.4) is 0 Å². The van der Waals surface area contributed by atoms with Crippen LogP contribution in [0.1, 0.15) is 67.6 Å². The number of benzene rings is 1. The summed E-state index contributed by atoms with van der Waals surface area (Å²) in [7, 11) is 0. The molecule has 2 aliphatic rings. The van der Waals surface area contributed by atoms with Crippen LogP contribution in [0.2, 0.25) is 0 Å². The van der Waals surface area contributed by atoms with Gasteiger partial charge in [0.15, 0.2) is 5.79 Å². The molecule has 3 N–H and O–H groups in total. The van der Waals surface area contributed by atoms with Crippen LogP contribution >= 0.6 is 0 Å². The van der Waals surface area contributed by atoms with Crippen LogP contribution in [0.15, 0.2) is 23.2 Å². The van der Waals surface area contributed by atoms with E-state index >= 15 is 0 Å². The Bertz CT molecular complexity index is 904. The lowest BCUT2D eigenvalue weighted by atomic mass is 9.91. The number of fused-ring (bicyclic) bond motifs is 1. The van der Waals surface area contributed by atoms with Crippen LogP contribution in [0.4, 0.5) is 5.69 Å². The molecule has 0 bridgehead atoms. The molecule has 3 rings (SSSR count). The van der Waals surface area contributed by atoms with Gasteiger partial charge in [0.05, 0.1) is 23.5 Å². The van der Waals surface area contributed by atoms with Gasteiger partial charge in [0.2, 0.25) is 0 Å². The maximum absolute atomic E-state index is 11.9. The highest BCUT2D eigenvalue weighted by atomic mass is 16.8. The third-order valence-electron chi connectivity index (χ3n) is 6.27. The number of ether oxygens (including phenoxy) is 2. The molecule has 1 aromatic carbocycles. The van der Waals surface area contributed by atoms with E-state index in [1.807, 2.05) is 40.0 Å². The minimum atomic E-state index is -0.936. The molecule has 0 aliphatic carbocycles. The fourth-order valence-electron chi connectivity index (χ4n) is 4.46. The van der Waals surface area contributed by atoms with Crippen LogP contribution in [-0.2, 0) is 22.3 Å². The highest BCUT2D eigenvalue weighted by molar-refractivity contribution is 5.95. The van der Waals surface area contributed by atoms with Crippen molar-refractivity contribution in [1.82, 2.24) is 0 Å². The molecule has 0 saturated carbocycles. The Morgan fingerprint density at radius 2 is 2.00 bits per heavy atom. The summed E-state index contributed by atoms with van der Waals surface area (Å²) in [6.07, 6.45) is 5.58. The van der Waals surface area contributed by atoms with E-state index in [9.17, 15) is 20.1 Å². The number of hydrogen-bond acceptors (Lipinski definition) is 6. The molecule has 1 aromatic rings. The van der Waals surface area contributed by atoms with E-state index in [1.165, 1.54) is 0 Å². The summed E-state index contributed by atoms with van der Waals surface area (Å²) in [5, 5.41) is 30.1. The lowest BCUT2D eigenvalue weighted by Gasteiger charge is -2.21. The Hall–Kier alpha value is -2.06. The Kier molecular flexibility index (Phi) is 7.55. The van der Waals surface area contributed by atoms with Crippen LogP contribution in [0, 0.1) is 12.8 Å².